The van der Waals surface area contributed by atoms with Gasteiger partial charge in [0.2, 0.25) is 10.0 Å². The van der Waals surface area contributed by atoms with Crippen molar-refractivity contribution in [1.29, 1.82) is 0 Å². The van der Waals surface area contributed by atoms with Crippen molar-refractivity contribution in [3.63, 3.8) is 0 Å². The summed E-state index contributed by atoms with van der Waals surface area (Å²) >= 11 is 0. The molecule has 0 atom stereocenters. The first-order valence-electron chi connectivity index (χ1n) is 12.2. The molecule has 3 aromatic carbocycles. The number of aryl methyl sites for hydroxylation is 1. The number of sulfonamides is 1. The smallest absolute Gasteiger partial charge is 0.414 e. The Morgan fingerprint density at radius 2 is 1.44 bits per heavy atom. The molecule has 4 rings (SSSR count). The third-order valence-corrected chi connectivity index (χ3v) is 7.96. The molecule has 0 amide bonds. The van der Waals surface area contributed by atoms with E-state index < -0.39 is 22.0 Å². The van der Waals surface area contributed by atoms with Crippen LogP contribution in [0.15, 0.2) is 77.7 Å². The van der Waals surface area contributed by atoms with E-state index in [2.05, 4.69) is 4.90 Å². The lowest BCUT2D eigenvalue weighted by atomic mass is 10.1. The summed E-state index contributed by atoms with van der Waals surface area (Å²) in [4.78, 5) is 20.8. The second-order valence-corrected chi connectivity index (χ2v) is 10.8. The Balaban J connectivity index is 0.000000631. The van der Waals surface area contributed by atoms with Crippen molar-refractivity contribution in [3.8, 4) is 11.5 Å². The van der Waals surface area contributed by atoms with Gasteiger partial charge < -0.3 is 19.7 Å². The van der Waals surface area contributed by atoms with Crippen molar-refractivity contribution >= 4 is 22.0 Å². The topological polar surface area (TPSA) is 134 Å². The summed E-state index contributed by atoms with van der Waals surface area (Å²) in [6.45, 7) is 5.45. The van der Waals surface area contributed by atoms with Gasteiger partial charge in [-0.05, 0) is 42.3 Å². The second kappa shape index (κ2) is 13.7. The van der Waals surface area contributed by atoms with Crippen molar-refractivity contribution < 1.29 is 37.7 Å². The fraction of sp³-hybridized carbons (Fsp3) is 0.286. The molecule has 0 radical (unpaired) electrons. The predicted octanol–water partition coefficient (Wildman–Crippen LogP) is 3.24. The molecule has 2 N–H and O–H groups in total. The molecule has 0 unspecified atom stereocenters. The van der Waals surface area contributed by atoms with E-state index in [9.17, 15) is 8.42 Å². The number of hydrogen-bond acceptors (Lipinski definition) is 7. The maximum atomic E-state index is 12.9. The Labute approximate surface area is 228 Å². The van der Waals surface area contributed by atoms with Crippen LogP contribution in [-0.4, -0.2) is 73.1 Å². The van der Waals surface area contributed by atoms with Crippen LogP contribution in [0.25, 0.3) is 0 Å². The summed E-state index contributed by atoms with van der Waals surface area (Å²) in [5.74, 6) is -2.24. The van der Waals surface area contributed by atoms with Gasteiger partial charge in [0.05, 0.1) is 12.0 Å². The number of carboxylic acid groups (broad SMARTS) is 2. The van der Waals surface area contributed by atoms with Gasteiger partial charge in [0.25, 0.3) is 0 Å². The van der Waals surface area contributed by atoms with Crippen LogP contribution < -0.4 is 9.47 Å². The fourth-order valence-corrected chi connectivity index (χ4v) is 5.34. The van der Waals surface area contributed by atoms with Crippen molar-refractivity contribution in [2.75, 3.05) is 33.3 Å². The Hall–Kier alpha value is -3.93. The van der Waals surface area contributed by atoms with E-state index in [1.165, 1.54) is 0 Å². The van der Waals surface area contributed by atoms with E-state index in [0.29, 0.717) is 49.2 Å². The van der Waals surface area contributed by atoms with Gasteiger partial charge in [-0.3, -0.25) is 4.90 Å². The molecule has 0 bridgehead atoms. The average Bonchev–Trinajstić information content (AvgIpc) is 2.93. The minimum absolute atomic E-state index is 0.358. The van der Waals surface area contributed by atoms with Gasteiger partial charge in [0.15, 0.2) is 11.5 Å². The van der Waals surface area contributed by atoms with Gasteiger partial charge in [-0.15, -0.1) is 0 Å². The maximum Gasteiger partial charge on any atom is 0.414 e. The molecule has 11 heteroatoms. The Morgan fingerprint density at radius 3 is 2.00 bits per heavy atom. The first-order chi connectivity index (χ1) is 18.6. The summed E-state index contributed by atoms with van der Waals surface area (Å²) in [7, 11) is -1.82. The van der Waals surface area contributed by atoms with Crippen LogP contribution in [0.2, 0.25) is 0 Å². The number of methoxy groups -OCH3 is 1. The zero-order chi connectivity index (χ0) is 28.4. The van der Waals surface area contributed by atoms with E-state index in [0.717, 1.165) is 23.2 Å². The molecular formula is C28H32N2O8S. The van der Waals surface area contributed by atoms with Gasteiger partial charge in [-0.25, -0.2) is 18.0 Å². The van der Waals surface area contributed by atoms with E-state index in [1.54, 1.807) is 23.5 Å². The lowest BCUT2D eigenvalue weighted by molar-refractivity contribution is -0.159. The number of piperazine rings is 1. The number of aliphatic carboxylic acids is 2. The van der Waals surface area contributed by atoms with Crippen molar-refractivity contribution in [3.05, 3.63) is 89.5 Å². The average molecular weight is 557 g/mol. The highest BCUT2D eigenvalue weighted by Gasteiger charge is 2.28. The van der Waals surface area contributed by atoms with Crippen molar-refractivity contribution in [2.45, 2.75) is 25.0 Å². The van der Waals surface area contributed by atoms with Crippen LogP contribution in [-0.2, 0) is 32.8 Å². The number of hydrogen-bond donors (Lipinski definition) is 2. The molecule has 39 heavy (non-hydrogen) atoms. The summed E-state index contributed by atoms with van der Waals surface area (Å²) < 4.78 is 39.0. The molecule has 1 fully saturated rings. The Kier molecular flexibility index (Phi) is 10.4. The minimum atomic E-state index is -3.45. The van der Waals surface area contributed by atoms with Gasteiger partial charge >= 0.3 is 11.9 Å². The van der Waals surface area contributed by atoms with Crippen molar-refractivity contribution in [2.24, 2.45) is 0 Å². The highest BCUT2D eigenvalue weighted by molar-refractivity contribution is 7.89. The number of nitrogens with zero attached hydrogens (tertiary/aromatic N) is 2. The second-order valence-electron chi connectivity index (χ2n) is 8.86. The molecule has 3 aromatic rings. The van der Waals surface area contributed by atoms with Crippen LogP contribution >= 0.6 is 0 Å². The lowest BCUT2D eigenvalue weighted by Crippen LogP contribution is -2.48. The number of carbonyl (C=O) groups is 2. The van der Waals surface area contributed by atoms with Crippen LogP contribution in [0.3, 0.4) is 0 Å². The molecule has 0 spiro atoms. The monoisotopic (exact) mass is 556 g/mol. The first-order valence-corrected chi connectivity index (χ1v) is 13.6. The number of ether oxygens (including phenoxy) is 2. The van der Waals surface area contributed by atoms with Gasteiger partial charge in [-0.2, -0.15) is 4.31 Å². The van der Waals surface area contributed by atoms with Crippen LogP contribution in [0, 0.1) is 6.92 Å². The third kappa shape index (κ3) is 8.54. The van der Waals surface area contributed by atoms with E-state index in [4.69, 9.17) is 29.3 Å². The van der Waals surface area contributed by atoms with Crippen LogP contribution in [0.4, 0.5) is 0 Å². The van der Waals surface area contributed by atoms with E-state index in [1.807, 2.05) is 67.6 Å². The van der Waals surface area contributed by atoms with Gasteiger partial charge in [0, 0.05) is 32.7 Å². The zero-order valence-electron chi connectivity index (χ0n) is 21.8. The quantitative estimate of drug-likeness (QED) is 0.401. The van der Waals surface area contributed by atoms with E-state index in [-0.39, 0.29) is 0 Å². The highest BCUT2D eigenvalue weighted by atomic mass is 32.2. The van der Waals surface area contributed by atoms with Crippen LogP contribution in [0.1, 0.15) is 16.7 Å². The Morgan fingerprint density at radius 1 is 0.821 bits per heavy atom. The predicted molar refractivity (Wildman–Crippen MR) is 144 cm³/mol. The fourth-order valence-electron chi connectivity index (χ4n) is 3.91. The molecule has 208 valence electrons. The summed E-state index contributed by atoms with van der Waals surface area (Å²) in [5, 5.41) is 14.8. The standard InChI is InChI=1S/C26H30N2O4S.C2H2O4/c1-21-8-11-24(12-9-21)33(29,30)28-16-14-27(15-17-28)19-23-10-13-25(31-2)26(18-23)32-20-22-6-4-3-5-7-22;3-1(4)2(5)6/h3-13,18H,14-17,19-20H2,1-2H3;(H,3,4)(H,5,6). The summed E-state index contributed by atoms with van der Waals surface area (Å²) in [6.07, 6.45) is 0. The number of benzene rings is 3. The summed E-state index contributed by atoms with van der Waals surface area (Å²) in [5.41, 5.74) is 3.25. The lowest BCUT2D eigenvalue weighted by Gasteiger charge is -2.34. The highest BCUT2D eigenvalue weighted by Crippen LogP contribution is 2.30. The molecular weight excluding hydrogens is 524 g/mol. The SMILES string of the molecule is COc1ccc(CN2CCN(S(=O)(=O)c3ccc(C)cc3)CC2)cc1OCc1ccccc1.O=C(O)C(=O)O. The maximum absolute atomic E-state index is 12.9. The minimum Gasteiger partial charge on any atom is -0.493 e. The molecule has 1 aliphatic rings. The molecule has 0 saturated carbocycles. The van der Waals surface area contributed by atoms with Crippen molar-refractivity contribution in [1.82, 2.24) is 9.21 Å². The zero-order valence-corrected chi connectivity index (χ0v) is 22.6. The molecule has 1 aliphatic heterocycles. The largest absolute Gasteiger partial charge is 0.493 e. The molecule has 0 aliphatic carbocycles. The third-order valence-electron chi connectivity index (χ3n) is 6.04. The number of carboxylic acids is 2. The van der Waals surface area contributed by atoms with Gasteiger partial charge in [-0.1, -0.05) is 54.1 Å². The normalized spacial score (nSPS) is 14.1. The summed E-state index contributed by atoms with van der Waals surface area (Å²) in [6, 6.07) is 23.0. The van der Waals surface area contributed by atoms with Gasteiger partial charge in [0.1, 0.15) is 6.61 Å². The van der Waals surface area contributed by atoms with E-state index >= 15 is 0 Å². The molecule has 10 nitrogen and oxygen atoms in total. The molecule has 1 heterocycles. The molecule has 0 aromatic heterocycles. The Bertz CT molecular complexity index is 1340. The number of rotatable bonds is 8. The van der Waals surface area contributed by atoms with Crippen LogP contribution in [0.5, 0.6) is 11.5 Å². The first kappa shape index (κ1) is 29.6. The molecule has 1 saturated heterocycles.